The number of halogens is 1. The summed E-state index contributed by atoms with van der Waals surface area (Å²) in [5, 5.41) is 0. The van der Waals surface area contributed by atoms with Crippen LogP contribution in [0, 0.1) is 5.82 Å². The predicted octanol–water partition coefficient (Wildman–Crippen LogP) is 2.29. The molecule has 0 saturated heterocycles. The van der Waals surface area contributed by atoms with Gasteiger partial charge in [-0.1, -0.05) is 6.07 Å². The Morgan fingerprint density at radius 2 is 2.18 bits per heavy atom. The zero-order valence-corrected chi connectivity index (χ0v) is 10.0. The highest BCUT2D eigenvalue weighted by molar-refractivity contribution is 5.36. The normalized spacial score (nSPS) is 11.8. The van der Waals surface area contributed by atoms with Crippen LogP contribution in [0.15, 0.2) is 36.9 Å². The molecule has 1 heterocycles. The first-order chi connectivity index (χ1) is 7.96. The summed E-state index contributed by atoms with van der Waals surface area (Å²) < 4.78 is 15.5. The van der Waals surface area contributed by atoms with Gasteiger partial charge < -0.3 is 10.3 Å². The Hall–Kier alpha value is -1.68. The van der Waals surface area contributed by atoms with Crippen molar-refractivity contribution in [3.8, 4) is 5.69 Å². The Labute approximate surface area is 100 Å². The minimum atomic E-state index is -0.330. The van der Waals surface area contributed by atoms with Gasteiger partial charge in [-0.05, 0) is 38.0 Å². The third-order valence-corrected chi connectivity index (χ3v) is 2.45. The molecule has 1 aromatic heterocycles. The molecule has 90 valence electrons. The molecular weight excluding hydrogens is 217 g/mol. The Morgan fingerprint density at radius 3 is 2.71 bits per heavy atom. The minimum absolute atomic E-state index is 0.259. The molecule has 2 rings (SSSR count). The Bertz CT molecular complexity index is 498. The van der Waals surface area contributed by atoms with Crippen LogP contribution in [0.25, 0.3) is 5.69 Å². The van der Waals surface area contributed by atoms with Gasteiger partial charge in [0.25, 0.3) is 0 Å². The van der Waals surface area contributed by atoms with Crippen molar-refractivity contribution < 1.29 is 4.39 Å². The number of hydrogen-bond acceptors (Lipinski definition) is 2. The van der Waals surface area contributed by atoms with Crippen molar-refractivity contribution >= 4 is 0 Å². The molecule has 0 atom stereocenters. The molecule has 0 bridgehead atoms. The van der Waals surface area contributed by atoms with E-state index in [0.717, 1.165) is 5.56 Å². The lowest BCUT2D eigenvalue weighted by molar-refractivity contribution is 0.514. The van der Waals surface area contributed by atoms with Crippen LogP contribution >= 0.6 is 0 Å². The summed E-state index contributed by atoms with van der Waals surface area (Å²) >= 11 is 0. The van der Waals surface area contributed by atoms with E-state index < -0.39 is 0 Å². The van der Waals surface area contributed by atoms with E-state index in [1.54, 1.807) is 29.4 Å². The molecule has 2 N–H and O–H groups in total. The number of nitrogens with two attached hydrogens (primary N) is 1. The van der Waals surface area contributed by atoms with E-state index in [-0.39, 0.29) is 11.4 Å². The molecule has 4 heteroatoms. The molecule has 0 spiro atoms. The summed E-state index contributed by atoms with van der Waals surface area (Å²) in [6.07, 6.45) is 5.56. The van der Waals surface area contributed by atoms with Gasteiger partial charge in [-0.2, -0.15) is 0 Å². The summed E-state index contributed by atoms with van der Waals surface area (Å²) in [6.45, 7) is 3.85. The summed E-state index contributed by atoms with van der Waals surface area (Å²) in [5.74, 6) is -0.259. The number of benzene rings is 1. The van der Waals surface area contributed by atoms with Crippen LogP contribution < -0.4 is 5.73 Å². The van der Waals surface area contributed by atoms with Gasteiger partial charge in [0.1, 0.15) is 5.82 Å². The van der Waals surface area contributed by atoms with Crippen LogP contribution in [0.2, 0.25) is 0 Å². The first-order valence-corrected chi connectivity index (χ1v) is 5.51. The topological polar surface area (TPSA) is 43.8 Å². The van der Waals surface area contributed by atoms with Gasteiger partial charge >= 0.3 is 0 Å². The van der Waals surface area contributed by atoms with E-state index in [0.29, 0.717) is 12.1 Å². The van der Waals surface area contributed by atoms with Gasteiger partial charge in [0, 0.05) is 17.9 Å². The molecule has 0 radical (unpaired) electrons. The fourth-order valence-electron chi connectivity index (χ4n) is 1.80. The Kier molecular flexibility index (Phi) is 2.98. The Morgan fingerprint density at radius 1 is 1.41 bits per heavy atom. The first-order valence-electron chi connectivity index (χ1n) is 5.51. The maximum atomic E-state index is 13.9. The van der Waals surface area contributed by atoms with Crippen LogP contribution in [-0.4, -0.2) is 15.1 Å². The third-order valence-electron chi connectivity index (χ3n) is 2.45. The first kappa shape index (κ1) is 11.8. The standard InChI is InChI=1S/C13H16FN3/c1-13(2,15)8-10-3-4-12(11(14)7-10)17-6-5-16-9-17/h3-7,9H,8,15H2,1-2H3. The zero-order valence-electron chi connectivity index (χ0n) is 10.0. The lowest BCUT2D eigenvalue weighted by Gasteiger charge is -2.18. The molecule has 0 saturated carbocycles. The van der Waals surface area contributed by atoms with Crippen LogP contribution in [0.4, 0.5) is 4.39 Å². The molecule has 0 aliphatic heterocycles. The van der Waals surface area contributed by atoms with Gasteiger partial charge in [-0.15, -0.1) is 0 Å². The highest BCUT2D eigenvalue weighted by Crippen LogP contribution is 2.17. The number of nitrogens with zero attached hydrogens (tertiary/aromatic N) is 2. The van der Waals surface area contributed by atoms with E-state index in [4.69, 9.17) is 5.73 Å². The summed E-state index contributed by atoms with van der Waals surface area (Å²) in [5.41, 5.74) is 6.98. The maximum absolute atomic E-state index is 13.9. The van der Waals surface area contributed by atoms with Gasteiger partial charge in [0.15, 0.2) is 0 Å². The van der Waals surface area contributed by atoms with Crippen molar-refractivity contribution in [3.63, 3.8) is 0 Å². The monoisotopic (exact) mass is 233 g/mol. The van der Waals surface area contributed by atoms with Crippen LogP contribution in [0.5, 0.6) is 0 Å². The molecule has 0 amide bonds. The van der Waals surface area contributed by atoms with Crippen molar-refractivity contribution in [3.05, 3.63) is 48.3 Å². The highest BCUT2D eigenvalue weighted by atomic mass is 19.1. The number of imidazole rings is 1. The Balaban J connectivity index is 2.30. The van der Waals surface area contributed by atoms with Crippen molar-refractivity contribution in [2.24, 2.45) is 5.73 Å². The second-order valence-corrected chi connectivity index (χ2v) is 4.92. The maximum Gasteiger partial charge on any atom is 0.147 e. The number of aromatic nitrogens is 2. The van der Waals surface area contributed by atoms with Crippen LogP contribution in [0.1, 0.15) is 19.4 Å². The highest BCUT2D eigenvalue weighted by Gasteiger charge is 2.13. The SMILES string of the molecule is CC(C)(N)Cc1ccc(-n2ccnc2)c(F)c1. The van der Waals surface area contributed by atoms with Crippen molar-refractivity contribution in [1.29, 1.82) is 0 Å². The molecule has 3 nitrogen and oxygen atoms in total. The minimum Gasteiger partial charge on any atom is -0.325 e. The molecule has 0 aliphatic carbocycles. The lowest BCUT2D eigenvalue weighted by Crippen LogP contribution is -2.34. The van der Waals surface area contributed by atoms with E-state index in [2.05, 4.69) is 4.98 Å². The molecular formula is C13H16FN3. The molecule has 17 heavy (non-hydrogen) atoms. The van der Waals surface area contributed by atoms with Crippen LogP contribution in [0.3, 0.4) is 0 Å². The van der Waals surface area contributed by atoms with Gasteiger partial charge in [-0.3, -0.25) is 0 Å². The van der Waals surface area contributed by atoms with Crippen molar-refractivity contribution in [2.45, 2.75) is 25.8 Å². The number of hydrogen-bond donors (Lipinski definition) is 1. The lowest BCUT2D eigenvalue weighted by atomic mass is 9.96. The van der Waals surface area contributed by atoms with E-state index in [1.165, 1.54) is 6.07 Å². The molecule has 0 aliphatic rings. The second kappa shape index (κ2) is 4.30. The average molecular weight is 233 g/mol. The van der Waals surface area contributed by atoms with Crippen molar-refractivity contribution in [1.82, 2.24) is 9.55 Å². The molecule has 0 unspecified atom stereocenters. The summed E-state index contributed by atoms with van der Waals surface area (Å²) in [7, 11) is 0. The molecule has 1 aromatic carbocycles. The summed E-state index contributed by atoms with van der Waals surface area (Å²) in [6, 6.07) is 5.18. The van der Waals surface area contributed by atoms with E-state index in [1.807, 2.05) is 19.9 Å². The van der Waals surface area contributed by atoms with Gasteiger partial charge in [0.2, 0.25) is 0 Å². The average Bonchev–Trinajstić information content (AvgIpc) is 2.68. The quantitative estimate of drug-likeness (QED) is 0.884. The fraction of sp³-hybridized carbons (Fsp3) is 0.308. The third kappa shape index (κ3) is 2.91. The fourth-order valence-corrected chi connectivity index (χ4v) is 1.80. The smallest absolute Gasteiger partial charge is 0.147 e. The van der Waals surface area contributed by atoms with E-state index >= 15 is 0 Å². The molecule has 0 fully saturated rings. The van der Waals surface area contributed by atoms with Gasteiger partial charge in [0.05, 0.1) is 12.0 Å². The second-order valence-electron chi connectivity index (χ2n) is 4.92. The molecule has 2 aromatic rings. The summed E-state index contributed by atoms with van der Waals surface area (Å²) in [4.78, 5) is 3.90. The van der Waals surface area contributed by atoms with Crippen molar-refractivity contribution in [2.75, 3.05) is 0 Å². The van der Waals surface area contributed by atoms with Gasteiger partial charge in [-0.25, -0.2) is 9.37 Å². The van der Waals surface area contributed by atoms with Crippen LogP contribution in [-0.2, 0) is 6.42 Å². The zero-order chi connectivity index (χ0) is 12.5. The van der Waals surface area contributed by atoms with E-state index in [9.17, 15) is 4.39 Å². The largest absolute Gasteiger partial charge is 0.325 e. The predicted molar refractivity (Wildman–Crippen MR) is 65.5 cm³/mol. The number of rotatable bonds is 3.